The molecule has 2 aliphatic heterocycles. The fourth-order valence-electron chi connectivity index (χ4n) is 5.83. The highest BCUT2D eigenvalue weighted by Crippen LogP contribution is 2.65. The summed E-state index contributed by atoms with van der Waals surface area (Å²) in [6.07, 6.45) is 4.75. The van der Waals surface area contributed by atoms with Crippen molar-refractivity contribution in [3.63, 3.8) is 0 Å². The van der Waals surface area contributed by atoms with E-state index < -0.39 is 5.41 Å². The van der Waals surface area contributed by atoms with Gasteiger partial charge in [-0.15, -0.1) is 0 Å². The van der Waals surface area contributed by atoms with Crippen LogP contribution in [0.4, 0.5) is 23.3 Å². The Morgan fingerprint density at radius 1 is 1.08 bits per heavy atom. The number of nitrogens with one attached hydrogen (secondary N) is 3. The highest BCUT2D eigenvalue weighted by molar-refractivity contribution is 6.10. The first kappa shape index (κ1) is 21.9. The summed E-state index contributed by atoms with van der Waals surface area (Å²) in [6.45, 7) is 1.91. The number of methoxy groups -OCH3 is 2. The van der Waals surface area contributed by atoms with Gasteiger partial charge in [0.15, 0.2) is 17.4 Å². The number of rotatable bonds is 6. The van der Waals surface area contributed by atoms with E-state index in [-0.39, 0.29) is 11.8 Å². The van der Waals surface area contributed by atoms with Crippen molar-refractivity contribution in [2.24, 2.45) is 0 Å². The maximum atomic E-state index is 13.0. The summed E-state index contributed by atoms with van der Waals surface area (Å²) in [5.74, 6) is 3.38. The normalized spacial score (nSPS) is 21.8. The first-order valence-electron chi connectivity index (χ1n) is 12.5. The molecule has 37 heavy (non-hydrogen) atoms. The molecule has 3 N–H and O–H groups in total. The SMILES string of the molecule is COc1ccc2c(c1)[C@]1(C[C@H]1c1ccc3c(Nc4nc(N5CCCC5)ncc4OC)n[nH]c3c1)C(=O)N2. The Labute approximate surface area is 213 Å². The number of anilines is 4. The van der Waals surface area contributed by atoms with E-state index in [0.29, 0.717) is 23.3 Å². The van der Waals surface area contributed by atoms with Gasteiger partial charge in [0.05, 0.1) is 31.3 Å². The molecule has 0 radical (unpaired) electrons. The van der Waals surface area contributed by atoms with E-state index in [4.69, 9.17) is 14.5 Å². The molecule has 0 unspecified atom stereocenters. The zero-order chi connectivity index (χ0) is 25.1. The summed E-state index contributed by atoms with van der Waals surface area (Å²) < 4.78 is 10.9. The van der Waals surface area contributed by atoms with Crippen molar-refractivity contribution in [2.75, 3.05) is 42.8 Å². The van der Waals surface area contributed by atoms with Gasteiger partial charge in [-0.25, -0.2) is 4.98 Å². The summed E-state index contributed by atoms with van der Waals surface area (Å²) in [7, 11) is 3.25. The lowest BCUT2D eigenvalue weighted by Gasteiger charge is -2.17. The van der Waals surface area contributed by atoms with Crippen molar-refractivity contribution < 1.29 is 14.3 Å². The third-order valence-electron chi connectivity index (χ3n) is 7.90. The first-order valence-corrected chi connectivity index (χ1v) is 12.5. The van der Waals surface area contributed by atoms with Crippen LogP contribution in [0, 0.1) is 0 Å². The number of aromatic amines is 1. The number of hydrogen-bond acceptors (Lipinski definition) is 8. The summed E-state index contributed by atoms with van der Waals surface area (Å²) in [6, 6.07) is 12.0. The van der Waals surface area contributed by atoms with E-state index in [9.17, 15) is 4.79 Å². The Morgan fingerprint density at radius 3 is 2.76 bits per heavy atom. The number of H-pyrrole nitrogens is 1. The molecule has 1 spiro atoms. The van der Waals surface area contributed by atoms with Gasteiger partial charge in [-0.2, -0.15) is 10.1 Å². The summed E-state index contributed by atoms with van der Waals surface area (Å²) in [5, 5.41) is 15.0. The summed E-state index contributed by atoms with van der Waals surface area (Å²) in [4.78, 5) is 24.4. The van der Waals surface area contributed by atoms with Crippen LogP contribution in [0.3, 0.4) is 0 Å². The van der Waals surface area contributed by atoms with E-state index in [1.54, 1.807) is 20.4 Å². The van der Waals surface area contributed by atoms with E-state index in [0.717, 1.165) is 65.8 Å². The molecule has 1 saturated carbocycles. The Bertz CT molecular complexity index is 1540. The second kappa shape index (κ2) is 8.09. The zero-order valence-electron chi connectivity index (χ0n) is 20.7. The van der Waals surface area contributed by atoms with Crippen LogP contribution in [0.15, 0.2) is 42.6 Å². The monoisotopic (exact) mass is 497 g/mol. The lowest BCUT2D eigenvalue weighted by Crippen LogP contribution is -2.21. The van der Waals surface area contributed by atoms with Crippen molar-refractivity contribution in [3.8, 4) is 11.5 Å². The van der Waals surface area contributed by atoms with Gasteiger partial charge in [0.25, 0.3) is 0 Å². The lowest BCUT2D eigenvalue weighted by atomic mass is 9.91. The predicted molar refractivity (Wildman–Crippen MR) is 140 cm³/mol. The molecule has 0 bridgehead atoms. The smallest absolute Gasteiger partial charge is 0.235 e. The largest absolute Gasteiger partial charge is 0.497 e. The van der Waals surface area contributed by atoms with Crippen LogP contribution in [0.1, 0.15) is 36.3 Å². The second-order valence-electron chi connectivity index (χ2n) is 9.88. The van der Waals surface area contributed by atoms with Gasteiger partial charge < -0.3 is 25.0 Å². The molecular weight excluding hydrogens is 470 g/mol. The average molecular weight is 498 g/mol. The van der Waals surface area contributed by atoms with E-state index >= 15 is 0 Å². The van der Waals surface area contributed by atoms with Crippen molar-refractivity contribution in [3.05, 3.63) is 53.7 Å². The molecule has 7 rings (SSSR count). The maximum Gasteiger partial charge on any atom is 0.235 e. The van der Waals surface area contributed by atoms with Crippen molar-refractivity contribution in [2.45, 2.75) is 30.6 Å². The quantitative estimate of drug-likeness (QED) is 0.365. The van der Waals surface area contributed by atoms with Gasteiger partial charge >= 0.3 is 0 Å². The Balaban J connectivity index is 1.18. The number of hydrogen-bond donors (Lipinski definition) is 3. The topological polar surface area (TPSA) is 117 Å². The first-order chi connectivity index (χ1) is 18.1. The standard InChI is InChI=1S/C27H27N7O3/c1-36-16-6-8-20-18(12-16)27(25(35)29-20)13-19(27)15-5-7-17-21(11-15)32-33-23(17)30-24-22(37-2)14-28-26(31-24)34-9-3-4-10-34/h5-8,11-12,14,19H,3-4,9-10,13H2,1-2H3,(H,29,35)(H2,28,30,31,32,33)/t19-,27-/m0/s1. The number of benzene rings is 2. The number of nitrogens with zero attached hydrogens (tertiary/aromatic N) is 4. The van der Waals surface area contributed by atoms with E-state index in [1.165, 1.54) is 0 Å². The molecular formula is C27H27N7O3. The van der Waals surface area contributed by atoms with Crippen LogP contribution < -0.4 is 25.0 Å². The average Bonchev–Trinajstić information content (AvgIpc) is 3.20. The van der Waals surface area contributed by atoms with Gasteiger partial charge in [0.1, 0.15) is 5.75 Å². The fraction of sp³-hybridized carbons (Fsp3) is 0.333. The molecule has 1 saturated heterocycles. The minimum atomic E-state index is -0.543. The molecule has 2 fully saturated rings. The lowest BCUT2D eigenvalue weighted by molar-refractivity contribution is -0.118. The number of fused-ring (bicyclic) bond motifs is 3. The number of carbonyl (C=O) groups excluding carboxylic acids is 1. The van der Waals surface area contributed by atoms with Gasteiger partial charge in [-0.05, 0) is 60.7 Å². The molecule has 4 heterocycles. The molecule has 10 nitrogen and oxygen atoms in total. The minimum Gasteiger partial charge on any atom is -0.497 e. The second-order valence-corrected chi connectivity index (χ2v) is 9.88. The molecule has 4 aromatic rings. The highest BCUT2D eigenvalue weighted by Gasteiger charge is 2.65. The Morgan fingerprint density at radius 2 is 1.95 bits per heavy atom. The van der Waals surface area contributed by atoms with Gasteiger partial charge in [0, 0.05) is 30.1 Å². The maximum absolute atomic E-state index is 13.0. The Hall–Kier alpha value is -4.34. The number of carbonyl (C=O) groups is 1. The Kier molecular flexibility index (Phi) is 4.79. The molecule has 2 aromatic carbocycles. The molecule has 2 aromatic heterocycles. The number of ether oxygens (including phenoxy) is 2. The molecule has 188 valence electrons. The van der Waals surface area contributed by atoms with Crippen LogP contribution in [0.25, 0.3) is 10.9 Å². The summed E-state index contributed by atoms with van der Waals surface area (Å²) in [5.41, 5.74) is 3.33. The van der Waals surface area contributed by atoms with Crippen LogP contribution in [-0.2, 0) is 10.2 Å². The zero-order valence-corrected chi connectivity index (χ0v) is 20.7. The fourth-order valence-corrected chi connectivity index (χ4v) is 5.83. The van der Waals surface area contributed by atoms with E-state index in [1.807, 2.05) is 24.3 Å². The third kappa shape index (κ3) is 3.32. The van der Waals surface area contributed by atoms with Crippen molar-refractivity contribution >= 4 is 40.1 Å². The summed E-state index contributed by atoms with van der Waals surface area (Å²) >= 11 is 0. The van der Waals surface area contributed by atoms with Crippen LogP contribution in [0.5, 0.6) is 11.5 Å². The van der Waals surface area contributed by atoms with Gasteiger partial charge in [0.2, 0.25) is 11.9 Å². The predicted octanol–water partition coefficient (Wildman–Crippen LogP) is 4.09. The van der Waals surface area contributed by atoms with Gasteiger partial charge in [-0.1, -0.05) is 6.07 Å². The van der Waals surface area contributed by atoms with Gasteiger partial charge in [-0.3, -0.25) is 9.89 Å². The van der Waals surface area contributed by atoms with Crippen LogP contribution in [-0.4, -0.2) is 53.4 Å². The minimum absolute atomic E-state index is 0.0532. The number of amides is 1. The third-order valence-corrected chi connectivity index (χ3v) is 7.90. The van der Waals surface area contributed by atoms with Crippen LogP contribution in [0.2, 0.25) is 0 Å². The molecule has 1 aliphatic carbocycles. The molecule has 10 heteroatoms. The molecule has 1 amide bonds. The van der Waals surface area contributed by atoms with Crippen molar-refractivity contribution in [1.29, 1.82) is 0 Å². The highest BCUT2D eigenvalue weighted by atomic mass is 16.5. The number of aromatic nitrogens is 4. The van der Waals surface area contributed by atoms with Crippen molar-refractivity contribution in [1.82, 2.24) is 20.2 Å². The molecule has 3 aliphatic rings. The van der Waals surface area contributed by atoms with E-state index in [2.05, 4.69) is 42.8 Å². The molecule has 2 atom stereocenters. The van der Waals surface area contributed by atoms with Crippen LogP contribution >= 0.6 is 0 Å².